The third-order valence-electron chi connectivity index (χ3n) is 5.03. The monoisotopic (exact) mass is 399 g/mol. The quantitative estimate of drug-likeness (QED) is 0.713. The van der Waals surface area contributed by atoms with Crippen LogP contribution >= 0.6 is 11.3 Å². The topological polar surface area (TPSA) is 54.5 Å². The molecule has 146 valence electrons. The molecule has 0 radical (unpaired) electrons. The van der Waals surface area contributed by atoms with Crippen LogP contribution in [0.3, 0.4) is 0 Å². The number of morpholine rings is 1. The number of aryl methyl sites for hydroxylation is 1. The Balaban J connectivity index is 1.52. The van der Waals surface area contributed by atoms with Crippen LogP contribution in [-0.2, 0) is 4.74 Å². The summed E-state index contributed by atoms with van der Waals surface area (Å²) in [5, 5.41) is 5.88. The van der Waals surface area contributed by atoms with E-state index in [2.05, 4.69) is 26.6 Å². The third-order valence-corrected chi connectivity index (χ3v) is 6.00. The summed E-state index contributed by atoms with van der Waals surface area (Å²) in [5.41, 5.74) is 1.67. The maximum atomic E-state index is 13.4. The number of amides is 1. The average Bonchev–Trinajstić information content (AvgIpc) is 3.22. The number of carbonyl (C=O) groups is 1. The lowest BCUT2D eigenvalue weighted by molar-refractivity contribution is 0.0169. The number of pyridine rings is 1. The SMILES string of the molecule is Cc1nc2cc(F)ccc2cc1C(=O)NC[C@@H](c1cccs1)N1CCOCC1. The molecule has 1 aliphatic rings. The van der Waals surface area contributed by atoms with Crippen molar-refractivity contribution in [3.63, 3.8) is 0 Å². The van der Waals surface area contributed by atoms with Gasteiger partial charge in [-0.25, -0.2) is 4.39 Å². The summed E-state index contributed by atoms with van der Waals surface area (Å²) in [6.07, 6.45) is 0. The van der Waals surface area contributed by atoms with Gasteiger partial charge >= 0.3 is 0 Å². The van der Waals surface area contributed by atoms with Crippen molar-refractivity contribution in [2.75, 3.05) is 32.8 Å². The molecule has 1 atom stereocenters. The molecule has 5 nitrogen and oxygen atoms in total. The van der Waals surface area contributed by atoms with E-state index in [4.69, 9.17) is 4.74 Å². The van der Waals surface area contributed by atoms with Gasteiger partial charge in [-0.15, -0.1) is 11.3 Å². The Kier molecular flexibility index (Phi) is 5.66. The summed E-state index contributed by atoms with van der Waals surface area (Å²) < 4.78 is 18.9. The Morgan fingerprint density at radius 3 is 2.89 bits per heavy atom. The largest absolute Gasteiger partial charge is 0.379 e. The van der Waals surface area contributed by atoms with Crippen molar-refractivity contribution >= 4 is 28.1 Å². The van der Waals surface area contributed by atoms with Crippen LogP contribution in [0.25, 0.3) is 10.9 Å². The van der Waals surface area contributed by atoms with Crippen LogP contribution in [0.2, 0.25) is 0 Å². The molecule has 3 aromatic rings. The molecule has 28 heavy (non-hydrogen) atoms. The fraction of sp³-hybridized carbons (Fsp3) is 0.333. The highest BCUT2D eigenvalue weighted by atomic mass is 32.1. The molecule has 0 spiro atoms. The van der Waals surface area contributed by atoms with E-state index in [-0.39, 0.29) is 17.8 Å². The number of thiophene rings is 1. The zero-order chi connectivity index (χ0) is 19.5. The van der Waals surface area contributed by atoms with Gasteiger partial charge in [0.15, 0.2) is 0 Å². The van der Waals surface area contributed by atoms with E-state index in [9.17, 15) is 9.18 Å². The Hall–Kier alpha value is -2.35. The first-order valence-electron chi connectivity index (χ1n) is 9.32. The van der Waals surface area contributed by atoms with E-state index < -0.39 is 0 Å². The third kappa shape index (κ3) is 4.06. The smallest absolute Gasteiger partial charge is 0.253 e. The van der Waals surface area contributed by atoms with E-state index in [1.54, 1.807) is 30.4 Å². The highest BCUT2D eigenvalue weighted by Crippen LogP contribution is 2.26. The fourth-order valence-corrected chi connectivity index (χ4v) is 4.39. The Bertz CT molecular complexity index is 971. The molecular formula is C21H22FN3O2S. The number of benzene rings is 1. The molecular weight excluding hydrogens is 377 g/mol. The highest BCUT2D eigenvalue weighted by Gasteiger charge is 2.24. The van der Waals surface area contributed by atoms with Crippen molar-refractivity contribution in [1.29, 1.82) is 0 Å². The van der Waals surface area contributed by atoms with Gasteiger partial charge in [-0.05, 0) is 36.6 Å². The van der Waals surface area contributed by atoms with E-state index in [0.717, 1.165) is 18.5 Å². The minimum atomic E-state index is -0.332. The number of nitrogens with one attached hydrogen (secondary N) is 1. The molecule has 1 aliphatic heterocycles. The molecule has 7 heteroatoms. The Labute approximate surface area is 167 Å². The van der Waals surface area contributed by atoms with Gasteiger partial charge in [0.05, 0.1) is 36.0 Å². The highest BCUT2D eigenvalue weighted by molar-refractivity contribution is 7.10. The van der Waals surface area contributed by atoms with Gasteiger partial charge in [0.1, 0.15) is 5.82 Å². The van der Waals surface area contributed by atoms with Gasteiger partial charge in [-0.3, -0.25) is 14.7 Å². The second-order valence-electron chi connectivity index (χ2n) is 6.85. The zero-order valence-electron chi connectivity index (χ0n) is 15.7. The summed E-state index contributed by atoms with van der Waals surface area (Å²) in [6, 6.07) is 10.5. The van der Waals surface area contributed by atoms with Crippen molar-refractivity contribution in [3.05, 3.63) is 63.7 Å². The van der Waals surface area contributed by atoms with Gasteiger partial charge in [0.2, 0.25) is 0 Å². The molecule has 0 unspecified atom stereocenters. The molecule has 4 rings (SSSR count). The molecule has 0 bridgehead atoms. The van der Waals surface area contributed by atoms with Crippen LogP contribution in [0, 0.1) is 12.7 Å². The second-order valence-corrected chi connectivity index (χ2v) is 7.83. The van der Waals surface area contributed by atoms with E-state index in [1.165, 1.54) is 17.0 Å². The average molecular weight is 399 g/mol. The fourth-order valence-electron chi connectivity index (χ4n) is 3.53. The molecule has 2 aromatic heterocycles. The first-order valence-corrected chi connectivity index (χ1v) is 10.2. The van der Waals surface area contributed by atoms with E-state index in [1.807, 2.05) is 6.07 Å². The van der Waals surface area contributed by atoms with Crippen LogP contribution in [0.5, 0.6) is 0 Å². The van der Waals surface area contributed by atoms with Crippen molar-refractivity contribution in [2.24, 2.45) is 0 Å². The molecule has 0 aliphatic carbocycles. The number of ether oxygens (including phenoxy) is 1. The van der Waals surface area contributed by atoms with Gasteiger partial charge in [0.25, 0.3) is 5.91 Å². The number of carbonyl (C=O) groups excluding carboxylic acids is 1. The summed E-state index contributed by atoms with van der Waals surface area (Å²) in [4.78, 5) is 20.8. The maximum Gasteiger partial charge on any atom is 0.253 e. The number of nitrogens with zero attached hydrogens (tertiary/aromatic N) is 2. The summed E-state index contributed by atoms with van der Waals surface area (Å²) in [6.45, 7) is 5.40. The van der Waals surface area contributed by atoms with E-state index >= 15 is 0 Å². The normalized spacial score (nSPS) is 16.2. The predicted octanol–water partition coefficient (Wildman–Crippen LogP) is 3.55. The first-order chi connectivity index (χ1) is 13.6. The van der Waals surface area contributed by atoms with Gasteiger partial charge < -0.3 is 10.1 Å². The van der Waals surface area contributed by atoms with Gasteiger partial charge in [0, 0.05) is 36.0 Å². The van der Waals surface area contributed by atoms with E-state index in [0.29, 0.717) is 36.5 Å². The Morgan fingerprint density at radius 1 is 1.32 bits per heavy atom. The number of hydrogen-bond acceptors (Lipinski definition) is 5. The molecule has 1 aromatic carbocycles. The van der Waals surface area contributed by atoms with Crippen molar-refractivity contribution in [3.8, 4) is 0 Å². The predicted molar refractivity (Wildman–Crippen MR) is 108 cm³/mol. The molecule has 1 N–H and O–H groups in total. The molecule has 1 amide bonds. The second kappa shape index (κ2) is 8.34. The van der Waals surface area contributed by atoms with Crippen LogP contribution < -0.4 is 5.32 Å². The Morgan fingerprint density at radius 2 is 2.14 bits per heavy atom. The number of halogens is 1. The van der Waals surface area contributed by atoms with Crippen LogP contribution in [0.15, 0.2) is 41.8 Å². The first kappa shape index (κ1) is 19.0. The zero-order valence-corrected chi connectivity index (χ0v) is 16.5. The van der Waals surface area contributed by atoms with Crippen LogP contribution in [-0.4, -0.2) is 48.6 Å². The molecule has 3 heterocycles. The molecule has 0 saturated carbocycles. The van der Waals surface area contributed by atoms with Gasteiger partial charge in [-0.1, -0.05) is 6.07 Å². The minimum Gasteiger partial charge on any atom is -0.379 e. The molecule has 1 fully saturated rings. The molecule has 1 saturated heterocycles. The van der Waals surface area contributed by atoms with Crippen molar-refractivity contribution < 1.29 is 13.9 Å². The number of fused-ring (bicyclic) bond motifs is 1. The number of aromatic nitrogens is 1. The number of hydrogen-bond donors (Lipinski definition) is 1. The van der Waals surface area contributed by atoms with Crippen LogP contribution in [0.4, 0.5) is 4.39 Å². The standard InChI is InChI=1S/C21H22FN3O2S/c1-14-17(11-15-4-5-16(22)12-18(15)24-14)21(26)23-13-19(20-3-2-10-28-20)25-6-8-27-9-7-25/h2-5,10-12,19H,6-9,13H2,1H3,(H,23,26)/t19-/m0/s1. The lowest BCUT2D eigenvalue weighted by Gasteiger charge is -2.34. The maximum absolute atomic E-state index is 13.4. The van der Waals surface area contributed by atoms with Crippen LogP contribution in [0.1, 0.15) is 27.0 Å². The lowest BCUT2D eigenvalue weighted by Crippen LogP contribution is -2.43. The van der Waals surface area contributed by atoms with Crippen molar-refractivity contribution in [1.82, 2.24) is 15.2 Å². The summed E-state index contributed by atoms with van der Waals surface area (Å²) in [5.74, 6) is -0.494. The number of rotatable bonds is 5. The summed E-state index contributed by atoms with van der Waals surface area (Å²) in [7, 11) is 0. The summed E-state index contributed by atoms with van der Waals surface area (Å²) >= 11 is 1.70. The minimum absolute atomic E-state index is 0.121. The van der Waals surface area contributed by atoms with Crippen molar-refractivity contribution in [2.45, 2.75) is 13.0 Å². The van der Waals surface area contributed by atoms with Gasteiger partial charge in [-0.2, -0.15) is 0 Å². The lowest BCUT2D eigenvalue weighted by atomic mass is 10.1.